The SMILES string of the molecule is c1ccc(N(c2ccccc2)c2ccc(-c3ccc(N(c4ccc(-c5ccc(-c6ccc7c(c6)c6ccccc6n7-c6ccccc6)cc5)cc4)c4ccc(-c5ccc6c7ccccc7c7ccccc7c6c5)cc4)cc3)c3ccccc23)cc1. The Morgan fingerprint density at radius 3 is 1.08 bits per heavy atom. The van der Waals surface area contributed by atoms with Gasteiger partial charge < -0.3 is 14.4 Å². The van der Waals surface area contributed by atoms with Gasteiger partial charge in [0.25, 0.3) is 0 Å². The van der Waals surface area contributed by atoms with Crippen LogP contribution < -0.4 is 9.80 Å². The second kappa shape index (κ2) is 20.9. The topological polar surface area (TPSA) is 11.4 Å². The summed E-state index contributed by atoms with van der Waals surface area (Å²) in [7, 11) is 0. The van der Waals surface area contributed by atoms with Crippen molar-refractivity contribution < 1.29 is 0 Å². The molecule has 0 N–H and O–H groups in total. The average Bonchev–Trinajstić information content (AvgIpc) is 3.17. The lowest BCUT2D eigenvalue weighted by Crippen LogP contribution is -2.10. The minimum atomic E-state index is 1.07. The molecule has 0 fully saturated rings. The van der Waals surface area contributed by atoms with Crippen LogP contribution in [0.5, 0.6) is 0 Å². The average molecular weight is 1080 g/mol. The number of aromatic nitrogens is 1. The molecular weight excluding hydrogens is 1030 g/mol. The van der Waals surface area contributed by atoms with E-state index in [1.807, 2.05) is 0 Å². The van der Waals surface area contributed by atoms with Crippen LogP contribution in [0.15, 0.2) is 334 Å². The summed E-state index contributed by atoms with van der Waals surface area (Å²) in [5.41, 5.74) is 19.6. The molecule has 16 rings (SSSR count). The largest absolute Gasteiger partial charge is 0.311 e. The van der Waals surface area contributed by atoms with Gasteiger partial charge in [-0.3, -0.25) is 0 Å². The Hall–Kier alpha value is -11.3. The van der Waals surface area contributed by atoms with Crippen LogP contribution in [0.25, 0.3) is 115 Å². The van der Waals surface area contributed by atoms with Crippen LogP contribution in [0, 0.1) is 0 Å². The van der Waals surface area contributed by atoms with Gasteiger partial charge in [0.1, 0.15) is 0 Å². The molecule has 3 nitrogen and oxygen atoms in total. The third kappa shape index (κ3) is 8.77. The molecule has 15 aromatic carbocycles. The summed E-state index contributed by atoms with van der Waals surface area (Å²) in [6.45, 7) is 0. The van der Waals surface area contributed by atoms with Gasteiger partial charge in [0.2, 0.25) is 0 Å². The number of anilines is 6. The molecule has 1 heterocycles. The zero-order valence-corrected chi connectivity index (χ0v) is 46.6. The lowest BCUT2D eigenvalue weighted by atomic mass is 9.92. The van der Waals surface area contributed by atoms with Crippen LogP contribution in [0.4, 0.5) is 34.1 Å². The number of rotatable bonds is 11. The number of fused-ring (bicyclic) bond motifs is 10. The van der Waals surface area contributed by atoms with E-state index in [4.69, 9.17) is 0 Å². The van der Waals surface area contributed by atoms with Crippen molar-refractivity contribution in [2.75, 3.05) is 9.80 Å². The molecule has 1 aromatic heterocycles. The molecule has 0 saturated heterocycles. The van der Waals surface area contributed by atoms with E-state index in [2.05, 4.69) is 348 Å². The highest BCUT2D eigenvalue weighted by Gasteiger charge is 2.20. The van der Waals surface area contributed by atoms with E-state index in [0.717, 1.165) is 50.9 Å². The summed E-state index contributed by atoms with van der Waals surface area (Å²) in [5, 5.41) is 12.6. The van der Waals surface area contributed by atoms with Crippen LogP contribution in [0.2, 0.25) is 0 Å². The first-order valence-corrected chi connectivity index (χ1v) is 29.2. The van der Waals surface area contributed by atoms with E-state index < -0.39 is 0 Å². The summed E-state index contributed by atoms with van der Waals surface area (Å²) in [5.74, 6) is 0. The Labute approximate surface area is 494 Å². The molecule has 0 spiro atoms. The van der Waals surface area contributed by atoms with Gasteiger partial charge in [0.05, 0.1) is 16.7 Å². The maximum Gasteiger partial charge on any atom is 0.0541 e. The summed E-state index contributed by atoms with van der Waals surface area (Å²) in [6, 6.07) is 122. The molecule has 0 saturated carbocycles. The summed E-state index contributed by atoms with van der Waals surface area (Å²) in [6.07, 6.45) is 0. The fourth-order valence-corrected chi connectivity index (χ4v) is 13.1. The third-order valence-electron chi connectivity index (χ3n) is 17.2. The zero-order valence-electron chi connectivity index (χ0n) is 46.6. The van der Waals surface area contributed by atoms with E-state index in [1.165, 1.54) is 98.3 Å². The number of nitrogens with zero attached hydrogens (tertiary/aromatic N) is 3. The molecule has 0 bridgehead atoms. The van der Waals surface area contributed by atoms with Crippen LogP contribution >= 0.6 is 0 Å². The third-order valence-corrected chi connectivity index (χ3v) is 17.2. The van der Waals surface area contributed by atoms with E-state index in [1.54, 1.807) is 0 Å². The normalized spacial score (nSPS) is 11.5. The summed E-state index contributed by atoms with van der Waals surface area (Å²) < 4.78 is 2.37. The van der Waals surface area contributed by atoms with Crippen LogP contribution in [-0.2, 0) is 0 Å². The van der Waals surface area contributed by atoms with Crippen molar-refractivity contribution in [3.63, 3.8) is 0 Å². The fraction of sp³-hybridized carbons (Fsp3) is 0. The van der Waals surface area contributed by atoms with Crippen molar-refractivity contribution >= 4 is 99.0 Å². The monoisotopic (exact) mass is 1080 g/mol. The van der Waals surface area contributed by atoms with Crippen LogP contribution in [-0.4, -0.2) is 4.57 Å². The number of para-hydroxylation sites is 4. The molecule has 0 radical (unpaired) electrons. The smallest absolute Gasteiger partial charge is 0.0541 e. The van der Waals surface area contributed by atoms with Crippen molar-refractivity contribution in [3.05, 3.63) is 334 Å². The van der Waals surface area contributed by atoms with Crippen molar-refractivity contribution in [3.8, 4) is 50.2 Å². The van der Waals surface area contributed by atoms with Gasteiger partial charge >= 0.3 is 0 Å². The van der Waals surface area contributed by atoms with E-state index in [0.29, 0.717) is 0 Å². The lowest BCUT2D eigenvalue weighted by molar-refractivity contribution is 1.18. The summed E-state index contributed by atoms with van der Waals surface area (Å²) in [4.78, 5) is 4.74. The molecule has 0 unspecified atom stereocenters. The molecular formula is C82H55N3. The highest BCUT2D eigenvalue weighted by molar-refractivity contribution is 6.26. The van der Waals surface area contributed by atoms with E-state index in [9.17, 15) is 0 Å². The quantitative estimate of drug-likeness (QED) is 0.120. The zero-order chi connectivity index (χ0) is 56.2. The first-order chi connectivity index (χ1) is 42.2. The molecule has 16 aromatic rings. The Morgan fingerprint density at radius 1 is 0.188 bits per heavy atom. The lowest BCUT2D eigenvalue weighted by Gasteiger charge is -2.27. The molecule has 0 aliphatic rings. The minimum absolute atomic E-state index is 1.07. The molecule has 0 aliphatic carbocycles. The Balaban J connectivity index is 0.751. The van der Waals surface area contributed by atoms with Crippen molar-refractivity contribution in [2.45, 2.75) is 0 Å². The van der Waals surface area contributed by atoms with Crippen LogP contribution in [0.3, 0.4) is 0 Å². The highest BCUT2D eigenvalue weighted by atomic mass is 15.1. The van der Waals surface area contributed by atoms with Gasteiger partial charge in [0, 0.05) is 50.3 Å². The molecule has 0 amide bonds. The second-order valence-corrected chi connectivity index (χ2v) is 22.0. The number of hydrogen-bond donors (Lipinski definition) is 0. The highest BCUT2D eigenvalue weighted by Crippen LogP contribution is 2.45. The minimum Gasteiger partial charge on any atom is -0.311 e. The van der Waals surface area contributed by atoms with Crippen LogP contribution in [0.1, 0.15) is 0 Å². The second-order valence-electron chi connectivity index (χ2n) is 22.0. The van der Waals surface area contributed by atoms with E-state index >= 15 is 0 Å². The Kier molecular flexibility index (Phi) is 12.2. The molecule has 398 valence electrons. The number of hydrogen-bond acceptors (Lipinski definition) is 2. The molecule has 0 aliphatic heterocycles. The van der Waals surface area contributed by atoms with Gasteiger partial charge in [-0.25, -0.2) is 0 Å². The first-order valence-electron chi connectivity index (χ1n) is 29.2. The standard InChI is InChI=1S/C82H55N3/c1-4-18-63(19-5-1)84(64-20-6-2-7-21-64)81-53-51-69(70-24-14-15-29-76(70)81)60-40-48-68(49-41-60)83(67-46-38-59(39-47-67)61-42-50-75-73-27-11-10-25-71(73)72-26-12-13-28-74(72)78(75)54-61)66-44-36-57(37-45-66)56-32-34-58(35-33-56)62-43-52-82-79(55-62)77-30-16-17-31-80(77)85(82)65-22-8-3-9-23-65/h1-55H. The summed E-state index contributed by atoms with van der Waals surface area (Å²) >= 11 is 0. The molecule has 0 atom stereocenters. The predicted octanol–water partition coefficient (Wildman–Crippen LogP) is 23.0. The Morgan fingerprint density at radius 2 is 0.541 bits per heavy atom. The maximum atomic E-state index is 2.38. The molecule has 3 heteroatoms. The number of benzene rings is 15. The van der Waals surface area contributed by atoms with E-state index in [-0.39, 0.29) is 0 Å². The van der Waals surface area contributed by atoms with Gasteiger partial charge in [-0.2, -0.15) is 0 Å². The maximum absolute atomic E-state index is 2.38. The van der Waals surface area contributed by atoms with Crippen molar-refractivity contribution in [1.82, 2.24) is 4.57 Å². The fourth-order valence-electron chi connectivity index (χ4n) is 13.1. The predicted molar refractivity (Wildman–Crippen MR) is 362 cm³/mol. The van der Waals surface area contributed by atoms with Gasteiger partial charge in [0.15, 0.2) is 0 Å². The van der Waals surface area contributed by atoms with Crippen molar-refractivity contribution in [2.24, 2.45) is 0 Å². The molecule has 85 heavy (non-hydrogen) atoms. The van der Waals surface area contributed by atoms with Gasteiger partial charge in [-0.05, 0) is 185 Å². The van der Waals surface area contributed by atoms with Gasteiger partial charge in [-0.15, -0.1) is 0 Å². The van der Waals surface area contributed by atoms with Crippen molar-refractivity contribution in [1.29, 1.82) is 0 Å². The Bertz CT molecular complexity index is 5050. The first kappa shape index (κ1) is 49.5. The van der Waals surface area contributed by atoms with Gasteiger partial charge in [-0.1, -0.05) is 231 Å².